The van der Waals surface area contributed by atoms with E-state index >= 15 is 0 Å². The molecule has 1 aromatic rings. The number of benzene rings is 1. The van der Waals surface area contributed by atoms with E-state index in [2.05, 4.69) is 17.2 Å². The Bertz CT molecular complexity index is 719. The van der Waals surface area contributed by atoms with E-state index in [4.69, 9.17) is 0 Å². The molecule has 7 heteroatoms. The molecule has 1 aliphatic heterocycles. The van der Waals surface area contributed by atoms with Gasteiger partial charge in [0.1, 0.15) is 5.82 Å². The molecule has 1 heterocycles. The predicted octanol–water partition coefficient (Wildman–Crippen LogP) is 1.96. The first-order valence-electron chi connectivity index (χ1n) is 8.74. The molecule has 3 rings (SSSR count). The van der Waals surface area contributed by atoms with Gasteiger partial charge in [0.05, 0.1) is 5.92 Å². The van der Waals surface area contributed by atoms with Gasteiger partial charge in [-0.15, -0.1) is 6.58 Å². The highest BCUT2D eigenvalue weighted by Crippen LogP contribution is 2.33. The van der Waals surface area contributed by atoms with Crippen molar-refractivity contribution in [3.8, 4) is 0 Å². The molecule has 1 saturated heterocycles. The number of nitrogens with zero attached hydrogens (tertiary/aromatic N) is 1. The Balaban J connectivity index is 1.57. The van der Waals surface area contributed by atoms with E-state index in [0.717, 1.165) is 5.56 Å². The van der Waals surface area contributed by atoms with Crippen LogP contribution in [0, 0.1) is 17.7 Å². The lowest BCUT2D eigenvalue weighted by Crippen LogP contribution is -2.62. The van der Waals surface area contributed by atoms with E-state index < -0.39 is 6.03 Å². The molecule has 138 valence electrons. The number of hydrogen-bond donors (Lipinski definition) is 2. The van der Waals surface area contributed by atoms with Crippen LogP contribution >= 0.6 is 0 Å². The molecular formula is C19H22FN3O3. The van der Waals surface area contributed by atoms with Crippen molar-refractivity contribution < 1.29 is 18.8 Å². The molecule has 2 aliphatic rings. The van der Waals surface area contributed by atoms with Crippen LogP contribution in [0.5, 0.6) is 0 Å². The Hall–Kier alpha value is -2.70. The molecular weight excluding hydrogens is 337 g/mol. The monoisotopic (exact) mass is 359 g/mol. The first kappa shape index (κ1) is 18.1. The molecule has 1 aliphatic carbocycles. The van der Waals surface area contributed by atoms with Gasteiger partial charge in [0.2, 0.25) is 11.8 Å². The van der Waals surface area contributed by atoms with Crippen LogP contribution in [-0.2, 0) is 16.1 Å². The summed E-state index contributed by atoms with van der Waals surface area (Å²) in [6.45, 7) is 4.08. The van der Waals surface area contributed by atoms with Gasteiger partial charge in [0.15, 0.2) is 0 Å². The SMILES string of the molecule is C=CCN1C(=O)NC2CC(C(=O)NCc3ccc(F)cc3)CCC2C1=O. The summed E-state index contributed by atoms with van der Waals surface area (Å²) in [5.74, 6) is -1.15. The Morgan fingerprint density at radius 2 is 2.04 bits per heavy atom. The molecule has 26 heavy (non-hydrogen) atoms. The van der Waals surface area contributed by atoms with E-state index in [0.29, 0.717) is 25.8 Å². The Labute approximate surface area is 151 Å². The number of urea groups is 1. The second kappa shape index (κ2) is 7.68. The van der Waals surface area contributed by atoms with Crippen LogP contribution in [0.4, 0.5) is 9.18 Å². The van der Waals surface area contributed by atoms with Gasteiger partial charge in [-0.05, 0) is 37.0 Å². The smallest absolute Gasteiger partial charge is 0.324 e. The maximum atomic E-state index is 12.9. The predicted molar refractivity (Wildman–Crippen MR) is 93.3 cm³/mol. The number of amides is 4. The lowest BCUT2D eigenvalue weighted by atomic mass is 9.76. The summed E-state index contributed by atoms with van der Waals surface area (Å²) in [6, 6.07) is 5.21. The fourth-order valence-corrected chi connectivity index (χ4v) is 3.64. The third kappa shape index (κ3) is 3.76. The average molecular weight is 359 g/mol. The van der Waals surface area contributed by atoms with Gasteiger partial charge in [-0.1, -0.05) is 18.2 Å². The summed E-state index contributed by atoms with van der Waals surface area (Å²) < 4.78 is 12.9. The number of fused-ring (bicyclic) bond motifs is 1. The Morgan fingerprint density at radius 3 is 2.73 bits per heavy atom. The zero-order valence-corrected chi connectivity index (χ0v) is 14.4. The summed E-state index contributed by atoms with van der Waals surface area (Å²) in [5, 5.41) is 5.70. The highest BCUT2D eigenvalue weighted by Gasteiger charge is 2.44. The van der Waals surface area contributed by atoms with E-state index in [1.165, 1.54) is 23.1 Å². The van der Waals surface area contributed by atoms with Gasteiger partial charge in [-0.2, -0.15) is 0 Å². The first-order valence-corrected chi connectivity index (χ1v) is 8.74. The summed E-state index contributed by atoms with van der Waals surface area (Å²) >= 11 is 0. The quantitative estimate of drug-likeness (QED) is 0.789. The van der Waals surface area contributed by atoms with Crippen molar-refractivity contribution in [2.75, 3.05) is 6.54 Å². The number of rotatable bonds is 5. The van der Waals surface area contributed by atoms with Crippen LogP contribution in [0.15, 0.2) is 36.9 Å². The van der Waals surface area contributed by atoms with E-state index in [1.807, 2.05) is 0 Å². The van der Waals surface area contributed by atoms with E-state index in [9.17, 15) is 18.8 Å². The lowest BCUT2D eigenvalue weighted by molar-refractivity contribution is -0.138. The summed E-state index contributed by atoms with van der Waals surface area (Å²) in [6.07, 6.45) is 3.12. The fraction of sp³-hybridized carbons (Fsp3) is 0.421. The molecule has 0 bridgehead atoms. The first-order chi connectivity index (χ1) is 12.5. The molecule has 2 N–H and O–H groups in total. The van der Waals surface area contributed by atoms with Crippen molar-refractivity contribution in [1.82, 2.24) is 15.5 Å². The van der Waals surface area contributed by atoms with Gasteiger partial charge in [0.25, 0.3) is 0 Å². The number of imide groups is 1. The third-order valence-corrected chi connectivity index (χ3v) is 5.05. The van der Waals surface area contributed by atoms with Gasteiger partial charge in [-0.3, -0.25) is 14.5 Å². The van der Waals surface area contributed by atoms with Crippen molar-refractivity contribution in [1.29, 1.82) is 0 Å². The van der Waals surface area contributed by atoms with Gasteiger partial charge in [0, 0.05) is 25.0 Å². The normalized spacial score (nSPS) is 25.3. The van der Waals surface area contributed by atoms with Crippen LogP contribution < -0.4 is 10.6 Å². The summed E-state index contributed by atoms with van der Waals surface area (Å²) in [5.41, 5.74) is 0.814. The number of carbonyl (C=O) groups excluding carboxylic acids is 3. The highest BCUT2D eigenvalue weighted by molar-refractivity contribution is 5.99. The van der Waals surface area contributed by atoms with Crippen LogP contribution in [0.2, 0.25) is 0 Å². The minimum absolute atomic E-state index is 0.108. The van der Waals surface area contributed by atoms with E-state index in [1.54, 1.807) is 12.1 Å². The molecule has 2 fully saturated rings. The largest absolute Gasteiger partial charge is 0.352 e. The number of halogens is 1. The van der Waals surface area contributed by atoms with Crippen molar-refractivity contribution in [3.63, 3.8) is 0 Å². The molecule has 0 aromatic heterocycles. The van der Waals surface area contributed by atoms with E-state index in [-0.39, 0.29) is 42.1 Å². The molecule has 1 aromatic carbocycles. The third-order valence-electron chi connectivity index (χ3n) is 5.05. The van der Waals surface area contributed by atoms with Crippen molar-refractivity contribution in [3.05, 3.63) is 48.3 Å². The molecule has 6 nitrogen and oxygen atoms in total. The maximum absolute atomic E-state index is 12.9. The topological polar surface area (TPSA) is 78.5 Å². The maximum Gasteiger partial charge on any atom is 0.324 e. The Kier molecular flexibility index (Phi) is 5.35. The van der Waals surface area contributed by atoms with Gasteiger partial charge >= 0.3 is 6.03 Å². The summed E-state index contributed by atoms with van der Waals surface area (Å²) in [4.78, 5) is 38.1. The molecule has 3 atom stereocenters. The number of nitrogens with one attached hydrogen (secondary N) is 2. The van der Waals surface area contributed by atoms with Gasteiger partial charge in [-0.25, -0.2) is 9.18 Å². The highest BCUT2D eigenvalue weighted by atomic mass is 19.1. The summed E-state index contributed by atoms with van der Waals surface area (Å²) in [7, 11) is 0. The zero-order chi connectivity index (χ0) is 18.7. The van der Waals surface area contributed by atoms with Crippen LogP contribution in [0.25, 0.3) is 0 Å². The standard InChI is InChI=1S/C19H22FN3O3/c1-2-9-23-18(25)15-8-5-13(10-16(15)22-19(23)26)17(24)21-11-12-3-6-14(20)7-4-12/h2-4,6-7,13,15-16H,1,5,8-11H2,(H,21,24)(H,22,26). The zero-order valence-electron chi connectivity index (χ0n) is 14.4. The second-order valence-electron chi connectivity index (χ2n) is 6.75. The van der Waals surface area contributed by atoms with Crippen molar-refractivity contribution >= 4 is 17.8 Å². The van der Waals surface area contributed by atoms with Gasteiger partial charge < -0.3 is 10.6 Å². The minimum atomic E-state index is -0.427. The van der Waals surface area contributed by atoms with Crippen molar-refractivity contribution in [2.45, 2.75) is 31.8 Å². The molecule has 1 saturated carbocycles. The number of carbonyl (C=O) groups is 3. The Morgan fingerprint density at radius 1 is 1.31 bits per heavy atom. The minimum Gasteiger partial charge on any atom is -0.352 e. The molecule has 4 amide bonds. The fourth-order valence-electron chi connectivity index (χ4n) is 3.64. The van der Waals surface area contributed by atoms with Crippen LogP contribution in [0.1, 0.15) is 24.8 Å². The van der Waals surface area contributed by atoms with Crippen LogP contribution in [0.3, 0.4) is 0 Å². The molecule has 3 unspecified atom stereocenters. The molecule has 0 radical (unpaired) electrons. The lowest BCUT2D eigenvalue weighted by Gasteiger charge is -2.41. The number of hydrogen-bond acceptors (Lipinski definition) is 3. The second-order valence-corrected chi connectivity index (χ2v) is 6.75. The molecule has 0 spiro atoms. The average Bonchev–Trinajstić information content (AvgIpc) is 2.64. The van der Waals surface area contributed by atoms with Crippen molar-refractivity contribution in [2.24, 2.45) is 11.8 Å². The van der Waals surface area contributed by atoms with Crippen LogP contribution in [-0.4, -0.2) is 35.3 Å².